The van der Waals surface area contributed by atoms with Crippen LogP contribution in [0.1, 0.15) is 13.0 Å². The van der Waals surface area contributed by atoms with Crippen molar-refractivity contribution in [3.05, 3.63) is 28.5 Å². The molecule has 7 heteroatoms. The van der Waals surface area contributed by atoms with Gasteiger partial charge in [-0.1, -0.05) is 0 Å². The van der Waals surface area contributed by atoms with Gasteiger partial charge in [-0.15, -0.1) is 0 Å². The van der Waals surface area contributed by atoms with Gasteiger partial charge in [0.2, 0.25) is 5.91 Å². The van der Waals surface area contributed by atoms with Crippen LogP contribution in [-0.4, -0.2) is 34.5 Å². The third kappa shape index (κ3) is 2.25. The number of hydrogen-bond acceptors (Lipinski definition) is 2. The molecule has 0 fully saturated rings. The molecule has 0 saturated heterocycles. The molecular weight excluding hydrogens is 272 g/mol. The first kappa shape index (κ1) is 13.7. The highest BCUT2D eigenvalue weighted by molar-refractivity contribution is 7.71. The number of amides is 1. The minimum atomic E-state index is -0.732. The standard InChI is InChI=1S/C12H13F2N3OS/c1-6(11(18)16(2)3)17-9-5-7(13)4-8(14)10(9)15-12(17)19/h4-6H,1-3H3,(H,15,19). The van der Waals surface area contributed by atoms with Crippen LogP contribution in [0.2, 0.25) is 0 Å². The van der Waals surface area contributed by atoms with E-state index < -0.39 is 17.7 Å². The van der Waals surface area contributed by atoms with Crippen molar-refractivity contribution < 1.29 is 13.6 Å². The van der Waals surface area contributed by atoms with Crippen molar-refractivity contribution in [3.63, 3.8) is 0 Å². The Labute approximate surface area is 113 Å². The Balaban J connectivity index is 2.70. The number of likely N-dealkylation sites (N-methyl/N-ethyl adjacent to an activating group) is 1. The Morgan fingerprint density at radius 1 is 1.42 bits per heavy atom. The summed E-state index contributed by atoms with van der Waals surface area (Å²) in [6.45, 7) is 1.63. The number of rotatable bonds is 2. The highest BCUT2D eigenvalue weighted by atomic mass is 32.1. The van der Waals surface area contributed by atoms with E-state index in [1.807, 2.05) is 0 Å². The van der Waals surface area contributed by atoms with Crippen LogP contribution in [0, 0.1) is 16.4 Å². The average molecular weight is 285 g/mol. The van der Waals surface area contributed by atoms with Gasteiger partial charge in [0.1, 0.15) is 17.4 Å². The van der Waals surface area contributed by atoms with Crippen molar-refractivity contribution in [2.75, 3.05) is 14.1 Å². The summed E-state index contributed by atoms with van der Waals surface area (Å²) in [4.78, 5) is 16.0. The van der Waals surface area contributed by atoms with Crippen molar-refractivity contribution >= 4 is 29.2 Å². The Kier molecular flexibility index (Phi) is 3.40. The maximum atomic E-state index is 13.6. The van der Waals surface area contributed by atoms with Crippen molar-refractivity contribution in [2.24, 2.45) is 0 Å². The smallest absolute Gasteiger partial charge is 0.244 e. The van der Waals surface area contributed by atoms with E-state index in [-0.39, 0.29) is 21.7 Å². The highest BCUT2D eigenvalue weighted by Gasteiger charge is 2.21. The molecule has 0 aliphatic rings. The molecule has 4 nitrogen and oxygen atoms in total. The van der Waals surface area contributed by atoms with Gasteiger partial charge >= 0.3 is 0 Å². The maximum Gasteiger partial charge on any atom is 0.244 e. The van der Waals surface area contributed by atoms with Crippen LogP contribution >= 0.6 is 12.2 Å². The Morgan fingerprint density at radius 3 is 2.63 bits per heavy atom. The first-order valence-corrected chi connectivity index (χ1v) is 6.04. The molecule has 2 rings (SSSR count). The van der Waals surface area contributed by atoms with Gasteiger partial charge in [0.05, 0.1) is 5.52 Å². The molecule has 1 atom stereocenters. The number of nitrogens with one attached hydrogen (secondary N) is 1. The number of aromatic amines is 1. The largest absolute Gasteiger partial charge is 0.347 e. The van der Waals surface area contributed by atoms with Crippen LogP contribution in [0.25, 0.3) is 11.0 Å². The maximum absolute atomic E-state index is 13.6. The second kappa shape index (κ2) is 4.73. The zero-order valence-corrected chi connectivity index (χ0v) is 11.5. The average Bonchev–Trinajstić information content (AvgIpc) is 2.64. The van der Waals surface area contributed by atoms with Gasteiger partial charge in [-0.3, -0.25) is 4.79 Å². The molecule has 19 heavy (non-hydrogen) atoms. The van der Waals surface area contributed by atoms with Crippen molar-refractivity contribution in [2.45, 2.75) is 13.0 Å². The number of benzene rings is 1. The van der Waals surface area contributed by atoms with Crippen molar-refractivity contribution in [1.29, 1.82) is 0 Å². The molecule has 0 aliphatic heterocycles. The number of hydrogen-bond donors (Lipinski definition) is 1. The van der Waals surface area contributed by atoms with Gasteiger partial charge in [0, 0.05) is 20.2 Å². The minimum absolute atomic E-state index is 0.102. The Bertz CT molecular complexity index is 705. The third-order valence-corrected chi connectivity index (χ3v) is 3.23. The SMILES string of the molecule is CC(C(=O)N(C)C)n1c(=S)[nH]c2c(F)cc(F)cc21. The summed E-state index contributed by atoms with van der Waals surface area (Å²) in [5, 5.41) is 0. The molecule has 0 radical (unpaired) electrons. The molecule has 1 unspecified atom stereocenters. The van der Waals surface area contributed by atoms with Crippen LogP contribution in [0.15, 0.2) is 12.1 Å². The molecule has 0 aliphatic carbocycles. The van der Waals surface area contributed by atoms with Crippen molar-refractivity contribution in [3.8, 4) is 0 Å². The number of H-pyrrole nitrogens is 1. The van der Waals surface area contributed by atoms with Gasteiger partial charge in [-0.25, -0.2) is 8.78 Å². The molecule has 1 heterocycles. The van der Waals surface area contributed by atoms with E-state index in [9.17, 15) is 13.6 Å². The van der Waals surface area contributed by atoms with Gasteiger partial charge in [-0.2, -0.15) is 0 Å². The predicted molar refractivity (Wildman–Crippen MR) is 70.4 cm³/mol. The van der Waals surface area contributed by atoms with E-state index in [1.54, 1.807) is 21.0 Å². The lowest BCUT2D eigenvalue weighted by Gasteiger charge is -2.18. The fraction of sp³-hybridized carbons (Fsp3) is 0.333. The third-order valence-electron chi connectivity index (χ3n) is 2.93. The second-order valence-corrected chi connectivity index (χ2v) is 4.88. The number of aromatic nitrogens is 2. The van der Waals surface area contributed by atoms with Crippen molar-refractivity contribution in [1.82, 2.24) is 14.5 Å². The van der Waals surface area contributed by atoms with E-state index in [1.165, 1.54) is 9.47 Å². The quantitative estimate of drug-likeness (QED) is 0.862. The summed E-state index contributed by atoms with van der Waals surface area (Å²) in [5.74, 6) is -1.65. The van der Waals surface area contributed by atoms with E-state index >= 15 is 0 Å². The van der Waals surface area contributed by atoms with Gasteiger partial charge in [0.25, 0.3) is 0 Å². The predicted octanol–water partition coefficient (Wildman–Crippen LogP) is 2.63. The second-order valence-electron chi connectivity index (χ2n) is 4.49. The van der Waals surface area contributed by atoms with Crippen LogP contribution in [0.4, 0.5) is 8.78 Å². The molecule has 1 amide bonds. The number of nitrogens with zero attached hydrogens (tertiary/aromatic N) is 2. The highest BCUT2D eigenvalue weighted by Crippen LogP contribution is 2.23. The number of imidazole rings is 1. The molecule has 1 N–H and O–H groups in total. The van der Waals surface area contributed by atoms with Crippen LogP contribution in [-0.2, 0) is 4.79 Å². The normalized spacial score (nSPS) is 12.7. The number of halogens is 2. The van der Waals surface area contributed by atoms with Crippen LogP contribution < -0.4 is 0 Å². The first-order valence-electron chi connectivity index (χ1n) is 5.63. The van der Waals surface area contributed by atoms with Gasteiger partial charge < -0.3 is 14.5 Å². The fourth-order valence-corrected chi connectivity index (χ4v) is 2.38. The van der Waals surface area contributed by atoms with E-state index in [0.29, 0.717) is 0 Å². The Morgan fingerprint density at radius 2 is 2.05 bits per heavy atom. The summed E-state index contributed by atoms with van der Waals surface area (Å²) < 4.78 is 28.5. The molecule has 102 valence electrons. The number of carbonyl (C=O) groups excluding carboxylic acids is 1. The lowest BCUT2D eigenvalue weighted by Crippen LogP contribution is -2.30. The van der Waals surface area contributed by atoms with Crippen LogP contribution in [0.5, 0.6) is 0 Å². The zero-order chi connectivity index (χ0) is 14.3. The number of carbonyl (C=O) groups is 1. The summed E-state index contributed by atoms with van der Waals surface area (Å²) >= 11 is 5.09. The lowest BCUT2D eigenvalue weighted by molar-refractivity contribution is -0.131. The minimum Gasteiger partial charge on any atom is -0.347 e. The molecule has 1 aromatic heterocycles. The molecule has 0 saturated carbocycles. The summed E-state index contributed by atoms with van der Waals surface area (Å²) in [7, 11) is 3.22. The molecule has 0 bridgehead atoms. The molecule has 0 spiro atoms. The van der Waals surface area contributed by atoms with E-state index in [2.05, 4.69) is 4.98 Å². The van der Waals surface area contributed by atoms with E-state index in [4.69, 9.17) is 12.2 Å². The van der Waals surface area contributed by atoms with E-state index in [0.717, 1.165) is 12.1 Å². The molecular formula is C12H13F2N3OS. The summed E-state index contributed by atoms with van der Waals surface area (Å²) in [6.07, 6.45) is 0. The fourth-order valence-electron chi connectivity index (χ4n) is 2.02. The molecule has 1 aromatic carbocycles. The topological polar surface area (TPSA) is 41.0 Å². The summed E-state index contributed by atoms with van der Waals surface area (Å²) in [5.41, 5.74) is 0.343. The number of fused-ring (bicyclic) bond motifs is 1. The molecule has 2 aromatic rings. The monoisotopic (exact) mass is 285 g/mol. The van der Waals surface area contributed by atoms with Gasteiger partial charge in [-0.05, 0) is 25.2 Å². The van der Waals surface area contributed by atoms with Gasteiger partial charge in [0.15, 0.2) is 10.6 Å². The first-order chi connectivity index (χ1) is 8.82. The summed E-state index contributed by atoms with van der Waals surface area (Å²) in [6, 6.07) is 1.29. The Hall–Kier alpha value is -1.76. The lowest BCUT2D eigenvalue weighted by atomic mass is 10.2. The van der Waals surface area contributed by atoms with Crippen LogP contribution in [0.3, 0.4) is 0 Å². The zero-order valence-electron chi connectivity index (χ0n) is 10.7.